The van der Waals surface area contributed by atoms with Gasteiger partial charge in [0.05, 0.1) is 6.54 Å². The maximum absolute atomic E-state index is 12.1. The molecule has 1 saturated carbocycles. The number of rotatable bonds is 4. The average Bonchev–Trinajstić information content (AvgIpc) is 2.35. The molecule has 0 aromatic carbocycles. The molecule has 0 saturated heterocycles. The van der Waals surface area contributed by atoms with Crippen LogP contribution in [0, 0.1) is 24.2 Å². The molecule has 90 valence electrons. The van der Waals surface area contributed by atoms with E-state index in [0.29, 0.717) is 19.0 Å². The second kappa shape index (κ2) is 6.55. The molecule has 0 spiro atoms. The molecule has 0 heterocycles. The zero-order valence-corrected chi connectivity index (χ0v) is 10.1. The van der Waals surface area contributed by atoms with Crippen LogP contribution in [0.3, 0.4) is 0 Å². The molecule has 0 aromatic rings. The Morgan fingerprint density at radius 1 is 1.44 bits per heavy atom. The van der Waals surface area contributed by atoms with Crippen LogP contribution >= 0.6 is 0 Å². The Balaban J connectivity index is 2.46. The molecule has 1 aliphatic carbocycles. The van der Waals surface area contributed by atoms with Gasteiger partial charge in [-0.05, 0) is 45.1 Å². The maximum atomic E-state index is 12.1. The minimum absolute atomic E-state index is 0.177. The van der Waals surface area contributed by atoms with Crippen LogP contribution in [0.2, 0.25) is 0 Å². The van der Waals surface area contributed by atoms with Gasteiger partial charge in [0.2, 0.25) is 5.91 Å². The van der Waals surface area contributed by atoms with E-state index in [1.807, 2.05) is 6.92 Å². The van der Waals surface area contributed by atoms with Crippen LogP contribution in [-0.4, -0.2) is 30.4 Å². The fourth-order valence-corrected chi connectivity index (χ4v) is 2.36. The molecule has 2 N–H and O–H groups in total. The molecule has 0 bridgehead atoms. The number of hydrogen-bond acceptors (Lipinski definition) is 2. The topological polar surface area (TPSA) is 46.3 Å². The molecule has 3 nitrogen and oxygen atoms in total. The summed E-state index contributed by atoms with van der Waals surface area (Å²) in [6, 6.07) is 0. The third-order valence-electron chi connectivity index (χ3n) is 3.50. The van der Waals surface area contributed by atoms with Gasteiger partial charge in [-0.1, -0.05) is 5.92 Å². The first-order valence-corrected chi connectivity index (χ1v) is 6.15. The van der Waals surface area contributed by atoms with Gasteiger partial charge in [0.15, 0.2) is 0 Å². The lowest BCUT2D eigenvalue weighted by Crippen LogP contribution is -2.38. The fraction of sp³-hybridized carbons (Fsp3) is 0.769. The van der Waals surface area contributed by atoms with Crippen molar-refractivity contribution in [2.75, 3.05) is 19.6 Å². The largest absolute Gasteiger partial charge is 0.332 e. The number of hydrogen-bond donors (Lipinski definition) is 1. The molecule has 1 fully saturated rings. The molecule has 16 heavy (non-hydrogen) atoms. The maximum Gasteiger partial charge on any atom is 0.226 e. The first-order valence-electron chi connectivity index (χ1n) is 6.15. The number of carbonyl (C=O) groups is 1. The van der Waals surface area contributed by atoms with Crippen molar-refractivity contribution in [1.82, 2.24) is 4.90 Å². The minimum atomic E-state index is 0.177. The first-order chi connectivity index (χ1) is 7.72. The van der Waals surface area contributed by atoms with E-state index in [1.54, 1.807) is 4.90 Å². The molecule has 0 unspecified atom stereocenters. The normalized spacial score (nSPS) is 24.8. The molecule has 1 amide bonds. The summed E-state index contributed by atoms with van der Waals surface area (Å²) in [5, 5.41) is 0. The van der Waals surface area contributed by atoms with E-state index < -0.39 is 0 Å². The number of amides is 1. The monoisotopic (exact) mass is 222 g/mol. The SMILES string of the molecule is C#CCN(CC)C(=O)C1CCC(CN)CC1. The van der Waals surface area contributed by atoms with Crippen LogP contribution < -0.4 is 5.73 Å². The quantitative estimate of drug-likeness (QED) is 0.727. The Hall–Kier alpha value is -1.01. The summed E-state index contributed by atoms with van der Waals surface area (Å²) in [5.41, 5.74) is 5.64. The average molecular weight is 222 g/mol. The van der Waals surface area contributed by atoms with Gasteiger partial charge in [-0.3, -0.25) is 4.79 Å². The summed E-state index contributed by atoms with van der Waals surface area (Å²) >= 11 is 0. The Bertz CT molecular complexity index is 262. The summed E-state index contributed by atoms with van der Waals surface area (Å²) in [5.74, 6) is 3.57. The second-order valence-electron chi connectivity index (χ2n) is 4.51. The lowest BCUT2D eigenvalue weighted by atomic mass is 9.81. The third kappa shape index (κ3) is 3.24. The fourth-order valence-electron chi connectivity index (χ4n) is 2.36. The van der Waals surface area contributed by atoms with Crippen LogP contribution in [0.4, 0.5) is 0 Å². The molecular formula is C13H22N2O. The summed E-state index contributed by atoms with van der Waals surface area (Å²) in [7, 11) is 0. The first kappa shape index (κ1) is 13.1. The lowest BCUT2D eigenvalue weighted by molar-refractivity contribution is -0.136. The predicted octanol–water partition coefficient (Wildman–Crippen LogP) is 1.23. The van der Waals surface area contributed by atoms with E-state index in [9.17, 15) is 4.79 Å². The zero-order valence-electron chi connectivity index (χ0n) is 10.1. The van der Waals surface area contributed by atoms with E-state index in [4.69, 9.17) is 12.2 Å². The van der Waals surface area contributed by atoms with Gasteiger partial charge in [-0.15, -0.1) is 6.42 Å². The van der Waals surface area contributed by atoms with Crippen molar-refractivity contribution < 1.29 is 4.79 Å². The summed E-state index contributed by atoms with van der Waals surface area (Å²) < 4.78 is 0. The number of nitrogens with two attached hydrogens (primary N) is 1. The van der Waals surface area contributed by atoms with Crippen molar-refractivity contribution in [1.29, 1.82) is 0 Å². The molecule has 0 radical (unpaired) electrons. The molecule has 1 aliphatic rings. The van der Waals surface area contributed by atoms with Crippen molar-refractivity contribution in [2.24, 2.45) is 17.6 Å². The number of terminal acetylenes is 1. The highest BCUT2D eigenvalue weighted by Gasteiger charge is 2.27. The Kier molecular flexibility index (Phi) is 5.34. The highest BCUT2D eigenvalue weighted by molar-refractivity contribution is 5.79. The highest BCUT2D eigenvalue weighted by atomic mass is 16.2. The molecular weight excluding hydrogens is 200 g/mol. The highest BCUT2D eigenvalue weighted by Crippen LogP contribution is 2.29. The van der Waals surface area contributed by atoms with E-state index in [0.717, 1.165) is 32.2 Å². The molecule has 0 aliphatic heterocycles. The van der Waals surface area contributed by atoms with Crippen LogP contribution in [0.15, 0.2) is 0 Å². The van der Waals surface area contributed by atoms with Gasteiger partial charge in [0.1, 0.15) is 0 Å². The Morgan fingerprint density at radius 2 is 2.06 bits per heavy atom. The van der Waals surface area contributed by atoms with E-state index in [-0.39, 0.29) is 11.8 Å². The van der Waals surface area contributed by atoms with Crippen LogP contribution in [-0.2, 0) is 4.79 Å². The number of carbonyl (C=O) groups excluding carboxylic acids is 1. The van der Waals surface area contributed by atoms with E-state index in [1.165, 1.54) is 0 Å². The minimum Gasteiger partial charge on any atom is -0.332 e. The van der Waals surface area contributed by atoms with Crippen molar-refractivity contribution in [3.05, 3.63) is 0 Å². The van der Waals surface area contributed by atoms with Crippen molar-refractivity contribution >= 4 is 5.91 Å². The summed E-state index contributed by atoms with van der Waals surface area (Å²) in [4.78, 5) is 13.9. The van der Waals surface area contributed by atoms with Gasteiger partial charge >= 0.3 is 0 Å². The van der Waals surface area contributed by atoms with Crippen LogP contribution in [0.25, 0.3) is 0 Å². The van der Waals surface area contributed by atoms with Crippen LogP contribution in [0.1, 0.15) is 32.6 Å². The van der Waals surface area contributed by atoms with Gasteiger partial charge in [0, 0.05) is 12.5 Å². The Labute approximate surface area is 98.4 Å². The van der Waals surface area contributed by atoms with Gasteiger partial charge in [0.25, 0.3) is 0 Å². The molecule has 0 aromatic heterocycles. The van der Waals surface area contributed by atoms with Crippen molar-refractivity contribution in [2.45, 2.75) is 32.6 Å². The third-order valence-corrected chi connectivity index (χ3v) is 3.50. The second-order valence-corrected chi connectivity index (χ2v) is 4.51. The van der Waals surface area contributed by atoms with Crippen LogP contribution in [0.5, 0.6) is 0 Å². The molecule has 0 atom stereocenters. The van der Waals surface area contributed by atoms with Crippen molar-refractivity contribution in [3.8, 4) is 12.3 Å². The summed E-state index contributed by atoms with van der Waals surface area (Å²) in [6.45, 7) is 3.87. The van der Waals surface area contributed by atoms with Crippen molar-refractivity contribution in [3.63, 3.8) is 0 Å². The zero-order chi connectivity index (χ0) is 12.0. The Morgan fingerprint density at radius 3 is 2.50 bits per heavy atom. The predicted molar refractivity (Wildman–Crippen MR) is 65.6 cm³/mol. The number of nitrogens with zero attached hydrogens (tertiary/aromatic N) is 1. The molecule has 3 heteroatoms. The van der Waals surface area contributed by atoms with E-state index >= 15 is 0 Å². The van der Waals surface area contributed by atoms with Gasteiger partial charge in [-0.25, -0.2) is 0 Å². The smallest absolute Gasteiger partial charge is 0.226 e. The molecule has 1 rings (SSSR count). The summed E-state index contributed by atoms with van der Waals surface area (Å²) in [6.07, 6.45) is 9.37. The van der Waals surface area contributed by atoms with Gasteiger partial charge < -0.3 is 10.6 Å². The van der Waals surface area contributed by atoms with E-state index in [2.05, 4.69) is 5.92 Å². The van der Waals surface area contributed by atoms with Gasteiger partial charge in [-0.2, -0.15) is 0 Å². The lowest BCUT2D eigenvalue weighted by Gasteiger charge is -2.30. The standard InChI is InChI=1S/C13H22N2O/c1-3-9-15(4-2)13(16)12-7-5-11(10-14)6-8-12/h1,11-12H,4-10,14H2,2H3.